The van der Waals surface area contributed by atoms with Crippen LogP contribution in [0.2, 0.25) is 15.1 Å². The largest absolute Gasteiger partial charge is 0.323 e. The van der Waals surface area contributed by atoms with Crippen molar-refractivity contribution < 1.29 is 0 Å². The lowest BCUT2D eigenvalue weighted by Crippen LogP contribution is -1.99. The minimum Gasteiger partial charge on any atom is -0.323 e. The summed E-state index contributed by atoms with van der Waals surface area (Å²) in [7, 11) is 0. The molecule has 0 aliphatic heterocycles. The van der Waals surface area contributed by atoms with Crippen molar-refractivity contribution in [2.24, 2.45) is 10.9 Å². The molecular weight excluding hydrogens is 230 g/mol. The van der Waals surface area contributed by atoms with Gasteiger partial charge < -0.3 is 5.84 Å². The van der Waals surface area contributed by atoms with Gasteiger partial charge in [0.2, 0.25) is 0 Å². The highest BCUT2D eigenvalue weighted by Crippen LogP contribution is 2.32. The minimum atomic E-state index is 0.323. The molecule has 70 valence electrons. The molecule has 2 N–H and O–H groups in total. The standard InChI is InChI=1S/C8H7Cl3N2/c1-4(13-12)5-2-3-6(9)8(11)7(5)10/h2-3H,12H2,1H3/b13-4-. The average Bonchev–Trinajstić information content (AvgIpc) is 2.13. The predicted octanol–water partition coefficient (Wildman–Crippen LogP) is 3.33. The predicted molar refractivity (Wildman–Crippen MR) is 57.9 cm³/mol. The van der Waals surface area contributed by atoms with Crippen LogP contribution in [0, 0.1) is 0 Å². The summed E-state index contributed by atoms with van der Waals surface area (Å²) < 4.78 is 0. The highest BCUT2D eigenvalue weighted by Gasteiger charge is 2.10. The molecule has 0 radical (unpaired) electrons. The van der Waals surface area contributed by atoms with E-state index in [1.54, 1.807) is 19.1 Å². The summed E-state index contributed by atoms with van der Waals surface area (Å²) in [4.78, 5) is 0. The molecule has 0 aliphatic rings. The van der Waals surface area contributed by atoms with Gasteiger partial charge in [-0.1, -0.05) is 40.9 Å². The molecular formula is C8H7Cl3N2. The molecule has 1 aromatic rings. The molecule has 0 aliphatic carbocycles. The van der Waals surface area contributed by atoms with E-state index >= 15 is 0 Å². The first-order valence-electron chi connectivity index (χ1n) is 3.46. The van der Waals surface area contributed by atoms with E-state index in [2.05, 4.69) is 5.10 Å². The van der Waals surface area contributed by atoms with Crippen LogP contribution in [-0.4, -0.2) is 5.71 Å². The normalized spacial score (nSPS) is 11.8. The van der Waals surface area contributed by atoms with Gasteiger partial charge >= 0.3 is 0 Å². The first-order chi connectivity index (χ1) is 6.07. The lowest BCUT2D eigenvalue weighted by Gasteiger charge is -2.05. The maximum Gasteiger partial charge on any atom is 0.0785 e. The van der Waals surface area contributed by atoms with Crippen molar-refractivity contribution >= 4 is 40.5 Å². The van der Waals surface area contributed by atoms with E-state index in [-0.39, 0.29) is 0 Å². The fourth-order valence-corrected chi connectivity index (χ4v) is 1.55. The maximum absolute atomic E-state index is 5.92. The molecule has 5 heteroatoms. The Morgan fingerprint density at radius 3 is 2.38 bits per heavy atom. The Labute approximate surface area is 91.3 Å². The zero-order valence-electron chi connectivity index (χ0n) is 6.81. The van der Waals surface area contributed by atoms with E-state index < -0.39 is 0 Å². The fraction of sp³-hybridized carbons (Fsp3) is 0.125. The van der Waals surface area contributed by atoms with E-state index in [1.165, 1.54) is 0 Å². The number of hydrogen-bond acceptors (Lipinski definition) is 2. The molecule has 0 amide bonds. The molecule has 0 saturated heterocycles. The van der Waals surface area contributed by atoms with E-state index in [9.17, 15) is 0 Å². The molecule has 0 atom stereocenters. The van der Waals surface area contributed by atoms with Crippen LogP contribution < -0.4 is 5.84 Å². The minimum absolute atomic E-state index is 0.323. The van der Waals surface area contributed by atoms with Gasteiger partial charge in [0.25, 0.3) is 0 Å². The molecule has 0 aromatic heterocycles. The van der Waals surface area contributed by atoms with E-state index in [4.69, 9.17) is 40.6 Å². The Hall–Kier alpha value is -0.440. The summed E-state index contributed by atoms with van der Waals surface area (Å²) in [5, 5.41) is 4.64. The van der Waals surface area contributed by atoms with Crippen molar-refractivity contribution in [3.8, 4) is 0 Å². The Kier molecular flexibility index (Phi) is 3.42. The van der Waals surface area contributed by atoms with Gasteiger partial charge in [0.05, 0.1) is 20.8 Å². The van der Waals surface area contributed by atoms with Crippen LogP contribution in [0.5, 0.6) is 0 Å². The quantitative estimate of drug-likeness (QED) is 0.346. The smallest absolute Gasteiger partial charge is 0.0785 e. The molecule has 0 unspecified atom stereocenters. The zero-order valence-corrected chi connectivity index (χ0v) is 9.08. The van der Waals surface area contributed by atoms with Crippen LogP contribution in [0.3, 0.4) is 0 Å². The zero-order chi connectivity index (χ0) is 10.0. The van der Waals surface area contributed by atoms with Gasteiger partial charge in [-0.3, -0.25) is 0 Å². The van der Waals surface area contributed by atoms with Crippen molar-refractivity contribution in [3.63, 3.8) is 0 Å². The first-order valence-corrected chi connectivity index (χ1v) is 4.59. The molecule has 1 rings (SSSR count). The summed E-state index contributed by atoms with van der Waals surface area (Å²) in [6.07, 6.45) is 0. The SMILES string of the molecule is C/C(=N/N)c1ccc(Cl)c(Cl)c1Cl. The second-order valence-corrected chi connectivity index (χ2v) is 3.60. The lowest BCUT2D eigenvalue weighted by molar-refractivity contribution is 1.24. The number of nitrogens with zero attached hydrogens (tertiary/aromatic N) is 1. The van der Waals surface area contributed by atoms with Crippen molar-refractivity contribution in [1.29, 1.82) is 0 Å². The van der Waals surface area contributed by atoms with Gasteiger partial charge in [-0.05, 0) is 13.0 Å². The maximum atomic E-state index is 5.92. The number of hydrazone groups is 1. The van der Waals surface area contributed by atoms with Crippen molar-refractivity contribution in [2.75, 3.05) is 0 Å². The van der Waals surface area contributed by atoms with Crippen LogP contribution in [0.1, 0.15) is 12.5 Å². The number of nitrogens with two attached hydrogens (primary N) is 1. The van der Waals surface area contributed by atoms with E-state index in [0.29, 0.717) is 26.3 Å². The van der Waals surface area contributed by atoms with Crippen molar-refractivity contribution in [1.82, 2.24) is 0 Å². The molecule has 0 fully saturated rings. The van der Waals surface area contributed by atoms with Gasteiger partial charge in [0.15, 0.2) is 0 Å². The third-order valence-electron chi connectivity index (χ3n) is 1.62. The number of benzene rings is 1. The van der Waals surface area contributed by atoms with Gasteiger partial charge in [0.1, 0.15) is 0 Å². The number of rotatable bonds is 1. The highest BCUT2D eigenvalue weighted by molar-refractivity contribution is 6.49. The Morgan fingerprint density at radius 1 is 1.23 bits per heavy atom. The third kappa shape index (κ3) is 2.08. The van der Waals surface area contributed by atoms with Crippen molar-refractivity contribution in [2.45, 2.75) is 6.92 Å². The topological polar surface area (TPSA) is 38.4 Å². The van der Waals surface area contributed by atoms with Gasteiger partial charge in [-0.25, -0.2) is 0 Å². The fourth-order valence-electron chi connectivity index (χ4n) is 0.875. The highest BCUT2D eigenvalue weighted by atomic mass is 35.5. The van der Waals surface area contributed by atoms with Crippen LogP contribution in [0.15, 0.2) is 17.2 Å². The van der Waals surface area contributed by atoms with Crippen molar-refractivity contribution in [3.05, 3.63) is 32.8 Å². The molecule has 0 spiro atoms. The molecule has 1 aromatic carbocycles. The van der Waals surface area contributed by atoms with Gasteiger partial charge in [0, 0.05) is 5.56 Å². The van der Waals surface area contributed by atoms with Crippen LogP contribution in [-0.2, 0) is 0 Å². The van der Waals surface area contributed by atoms with Gasteiger partial charge in [-0.2, -0.15) is 5.10 Å². The van der Waals surface area contributed by atoms with Crippen LogP contribution in [0.4, 0.5) is 0 Å². The molecule has 0 saturated carbocycles. The Bertz CT molecular complexity index is 361. The molecule has 13 heavy (non-hydrogen) atoms. The second kappa shape index (κ2) is 4.18. The molecule has 2 nitrogen and oxygen atoms in total. The summed E-state index contributed by atoms with van der Waals surface area (Å²) >= 11 is 17.5. The van der Waals surface area contributed by atoms with E-state index in [1.807, 2.05) is 0 Å². The molecule has 0 heterocycles. The molecule has 0 bridgehead atoms. The Balaban J connectivity index is 3.34. The summed E-state index contributed by atoms with van der Waals surface area (Å²) in [6.45, 7) is 1.74. The monoisotopic (exact) mass is 236 g/mol. The number of halogens is 3. The lowest BCUT2D eigenvalue weighted by atomic mass is 10.1. The third-order valence-corrected chi connectivity index (χ3v) is 2.91. The number of hydrogen-bond donors (Lipinski definition) is 1. The average molecular weight is 238 g/mol. The second-order valence-electron chi connectivity index (χ2n) is 2.44. The van der Waals surface area contributed by atoms with E-state index in [0.717, 1.165) is 0 Å². The van der Waals surface area contributed by atoms with Crippen LogP contribution in [0.25, 0.3) is 0 Å². The van der Waals surface area contributed by atoms with Crippen LogP contribution >= 0.6 is 34.8 Å². The van der Waals surface area contributed by atoms with Gasteiger partial charge in [-0.15, -0.1) is 0 Å². The summed E-state index contributed by atoms with van der Waals surface area (Å²) in [5.74, 6) is 5.11. The summed E-state index contributed by atoms with van der Waals surface area (Å²) in [6, 6.07) is 3.38. The summed E-state index contributed by atoms with van der Waals surface area (Å²) in [5.41, 5.74) is 1.31. The first kappa shape index (κ1) is 10.6. The Morgan fingerprint density at radius 2 is 1.85 bits per heavy atom.